The molecule has 0 aliphatic carbocycles. The van der Waals surface area contributed by atoms with Crippen molar-refractivity contribution in [3.8, 4) is 10.6 Å². The third-order valence-electron chi connectivity index (χ3n) is 4.67. The van der Waals surface area contributed by atoms with Crippen molar-refractivity contribution in [1.29, 1.82) is 0 Å². The zero-order valence-corrected chi connectivity index (χ0v) is 18.5. The fourth-order valence-corrected chi connectivity index (χ4v) is 3.68. The number of carbonyl (C=O) groups excluding carboxylic acids is 2. The predicted octanol–water partition coefficient (Wildman–Crippen LogP) is 4.16. The van der Waals surface area contributed by atoms with Crippen LogP contribution in [0.5, 0.6) is 0 Å². The molecule has 8 heteroatoms. The van der Waals surface area contributed by atoms with Gasteiger partial charge in [0.1, 0.15) is 11.0 Å². The van der Waals surface area contributed by atoms with E-state index in [1.54, 1.807) is 0 Å². The number of urea groups is 1. The molecule has 7 nitrogen and oxygen atoms in total. The van der Waals surface area contributed by atoms with Crippen molar-refractivity contribution in [2.75, 3.05) is 11.9 Å². The van der Waals surface area contributed by atoms with Gasteiger partial charge in [0, 0.05) is 18.5 Å². The number of aromatic nitrogens is 2. The smallest absolute Gasteiger partial charge is 0.315 e. The van der Waals surface area contributed by atoms with Crippen LogP contribution in [-0.4, -0.2) is 34.7 Å². The monoisotopic (exact) mass is 437 g/mol. The Morgan fingerprint density at radius 1 is 1.03 bits per heavy atom. The first-order valence-corrected chi connectivity index (χ1v) is 11.2. The number of nitrogens with zero attached hydrogens (tertiary/aromatic N) is 2. The number of nitrogens with one attached hydrogen (secondary N) is 3. The van der Waals surface area contributed by atoms with Crippen LogP contribution in [0, 0.1) is 6.92 Å². The van der Waals surface area contributed by atoms with Gasteiger partial charge in [-0.2, -0.15) is 0 Å². The molecular formula is C23H27N5O2S. The van der Waals surface area contributed by atoms with E-state index in [1.165, 1.54) is 11.3 Å². The van der Waals surface area contributed by atoms with Crippen LogP contribution in [0.4, 0.5) is 9.93 Å². The number of aryl methyl sites for hydroxylation is 1. The Balaban J connectivity index is 1.68. The second-order valence-corrected chi connectivity index (χ2v) is 8.24. The van der Waals surface area contributed by atoms with Gasteiger partial charge < -0.3 is 10.6 Å². The number of rotatable bonds is 9. The summed E-state index contributed by atoms with van der Waals surface area (Å²) in [6.07, 6.45) is 2.24. The average molecular weight is 438 g/mol. The van der Waals surface area contributed by atoms with E-state index in [0.717, 1.165) is 34.5 Å². The van der Waals surface area contributed by atoms with E-state index in [-0.39, 0.29) is 11.9 Å². The van der Waals surface area contributed by atoms with Gasteiger partial charge in [-0.1, -0.05) is 84.8 Å². The SMILES string of the molecule is CCCCNC(=O)NC(Cc1ccccc1)C(=O)Nc1nnc(-c2ccc(C)cc2)s1. The first-order chi connectivity index (χ1) is 15.0. The van der Waals surface area contributed by atoms with Crippen LogP contribution in [0.25, 0.3) is 10.6 Å². The normalized spacial score (nSPS) is 11.5. The Bertz CT molecular complexity index is 989. The van der Waals surface area contributed by atoms with Crippen LogP contribution >= 0.6 is 11.3 Å². The molecular weight excluding hydrogens is 410 g/mol. The molecule has 0 saturated carbocycles. The summed E-state index contributed by atoms with van der Waals surface area (Å²) in [7, 11) is 0. The largest absolute Gasteiger partial charge is 0.338 e. The summed E-state index contributed by atoms with van der Waals surface area (Å²) < 4.78 is 0. The third-order valence-corrected chi connectivity index (χ3v) is 5.56. The minimum atomic E-state index is -0.740. The Hall–Kier alpha value is -3.26. The maximum atomic E-state index is 13.0. The summed E-state index contributed by atoms with van der Waals surface area (Å²) in [4.78, 5) is 25.2. The molecule has 0 spiro atoms. The highest BCUT2D eigenvalue weighted by Gasteiger charge is 2.22. The fourth-order valence-electron chi connectivity index (χ4n) is 2.93. The van der Waals surface area contributed by atoms with Gasteiger partial charge in [0.25, 0.3) is 0 Å². The van der Waals surface area contributed by atoms with Crippen LogP contribution in [0.1, 0.15) is 30.9 Å². The van der Waals surface area contributed by atoms with Crippen LogP contribution in [0.2, 0.25) is 0 Å². The van der Waals surface area contributed by atoms with Gasteiger partial charge in [-0.3, -0.25) is 10.1 Å². The van der Waals surface area contributed by atoms with E-state index < -0.39 is 6.04 Å². The van der Waals surface area contributed by atoms with Gasteiger partial charge >= 0.3 is 6.03 Å². The summed E-state index contributed by atoms with van der Waals surface area (Å²) in [6, 6.07) is 16.4. The zero-order chi connectivity index (χ0) is 22.1. The first kappa shape index (κ1) is 22.4. The van der Waals surface area contributed by atoms with Crippen molar-refractivity contribution in [2.45, 2.75) is 39.2 Å². The van der Waals surface area contributed by atoms with Crippen molar-refractivity contribution in [3.63, 3.8) is 0 Å². The zero-order valence-electron chi connectivity index (χ0n) is 17.7. The predicted molar refractivity (Wildman–Crippen MR) is 124 cm³/mol. The molecule has 31 heavy (non-hydrogen) atoms. The van der Waals surface area contributed by atoms with Crippen LogP contribution in [0.3, 0.4) is 0 Å². The molecule has 1 heterocycles. The molecule has 162 valence electrons. The second-order valence-electron chi connectivity index (χ2n) is 7.26. The van der Waals surface area contributed by atoms with E-state index >= 15 is 0 Å². The number of hydrogen-bond acceptors (Lipinski definition) is 5. The molecule has 0 bridgehead atoms. The highest BCUT2D eigenvalue weighted by Crippen LogP contribution is 2.26. The molecule has 1 atom stereocenters. The molecule has 2 aromatic carbocycles. The number of unbranched alkanes of at least 4 members (excludes halogenated alkanes) is 1. The molecule has 0 fully saturated rings. The molecule has 0 aliphatic heterocycles. The number of benzene rings is 2. The van der Waals surface area contributed by atoms with E-state index in [1.807, 2.05) is 61.5 Å². The highest BCUT2D eigenvalue weighted by molar-refractivity contribution is 7.18. The van der Waals surface area contributed by atoms with Gasteiger partial charge in [-0.25, -0.2) is 4.79 Å². The van der Waals surface area contributed by atoms with Crippen LogP contribution < -0.4 is 16.0 Å². The summed E-state index contributed by atoms with van der Waals surface area (Å²) >= 11 is 1.30. The number of carbonyl (C=O) groups is 2. The topological polar surface area (TPSA) is 96.0 Å². The minimum Gasteiger partial charge on any atom is -0.338 e. The summed E-state index contributed by atoms with van der Waals surface area (Å²) in [5.41, 5.74) is 3.06. The first-order valence-electron chi connectivity index (χ1n) is 10.3. The quantitative estimate of drug-likeness (QED) is 0.438. The van der Waals surface area contributed by atoms with Gasteiger partial charge in [0.05, 0.1) is 0 Å². The maximum Gasteiger partial charge on any atom is 0.315 e. The Kier molecular flexibility index (Phi) is 8.12. The lowest BCUT2D eigenvalue weighted by atomic mass is 10.1. The lowest BCUT2D eigenvalue weighted by Crippen LogP contribution is -2.49. The molecule has 3 aromatic rings. The summed E-state index contributed by atoms with van der Waals surface area (Å²) in [6.45, 7) is 4.64. The van der Waals surface area contributed by atoms with Gasteiger partial charge in [-0.15, -0.1) is 10.2 Å². The highest BCUT2D eigenvalue weighted by atomic mass is 32.1. The van der Waals surface area contributed by atoms with Gasteiger partial charge in [0.2, 0.25) is 11.0 Å². The van der Waals surface area contributed by atoms with Crippen LogP contribution in [0.15, 0.2) is 54.6 Å². The third kappa shape index (κ3) is 6.89. The number of amides is 3. The summed E-state index contributed by atoms with van der Waals surface area (Å²) in [5.74, 6) is -0.332. The Morgan fingerprint density at radius 3 is 2.48 bits per heavy atom. The molecule has 0 aliphatic rings. The van der Waals surface area contributed by atoms with E-state index in [0.29, 0.717) is 18.1 Å². The van der Waals surface area contributed by atoms with E-state index in [9.17, 15) is 9.59 Å². The minimum absolute atomic E-state index is 0.332. The second kappa shape index (κ2) is 11.2. The van der Waals surface area contributed by atoms with Crippen molar-refractivity contribution >= 4 is 28.4 Å². The fraction of sp³-hybridized carbons (Fsp3) is 0.304. The van der Waals surface area contributed by atoms with Crippen molar-refractivity contribution < 1.29 is 9.59 Å². The van der Waals surface area contributed by atoms with Gasteiger partial charge in [-0.05, 0) is 18.9 Å². The number of anilines is 1. The maximum absolute atomic E-state index is 13.0. The molecule has 1 unspecified atom stereocenters. The Labute approximate surface area is 186 Å². The summed E-state index contributed by atoms with van der Waals surface area (Å²) in [5, 5.41) is 17.8. The van der Waals surface area contributed by atoms with Crippen molar-refractivity contribution in [2.24, 2.45) is 0 Å². The molecule has 3 amide bonds. The van der Waals surface area contributed by atoms with Crippen molar-refractivity contribution in [3.05, 3.63) is 65.7 Å². The van der Waals surface area contributed by atoms with Gasteiger partial charge in [0.15, 0.2) is 0 Å². The van der Waals surface area contributed by atoms with E-state index in [2.05, 4.69) is 33.1 Å². The Morgan fingerprint density at radius 2 is 1.77 bits per heavy atom. The van der Waals surface area contributed by atoms with E-state index in [4.69, 9.17) is 0 Å². The lowest BCUT2D eigenvalue weighted by Gasteiger charge is -2.18. The number of hydrogen-bond donors (Lipinski definition) is 3. The average Bonchev–Trinajstić information content (AvgIpc) is 3.23. The van der Waals surface area contributed by atoms with Crippen molar-refractivity contribution in [1.82, 2.24) is 20.8 Å². The van der Waals surface area contributed by atoms with Crippen LogP contribution in [-0.2, 0) is 11.2 Å². The lowest BCUT2D eigenvalue weighted by molar-refractivity contribution is -0.117. The molecule has 3 N–H and O–H groups in total. The standard InChI is InChI=1S/C23H27N5O2S/c1-3-4-14-24-22(30)25-19(15-17-8-6-5-7-9-17)20(29)26-23-28-27-21(31-23)18-12-10-16(2)11-13-18/h5-13,19H,3-4,14-15H2,1-2H3,(H2,24,25,30)(H,26,28,29). The molecule has 0 saturated heterocycles. The molecule has 3 rings (SSSR count). The molecule has 0 radical (unpaired) electrons. The molecule has 1 aromatic heterocycles.